The number of benzene rings is 1. The summed E-state index contributed by atoms with van der Waals surface area (Å²) in [6, 6.07) is 9.06. The summed E-state index contributed by atoms with van der Waals surface area (Å²) in [7, 11) is -3.18. The third-order valence-corrected chi connectivity index (χ3v) is 4.82. The Balaban J connectivity index is 1.90. The molecular formula is C16H22N2O4S. The largest absolute Gasteiger partial charge is 0.350 e. The van der Waals surface area contributed by atoms with Crippen molar-refractivity contribution in [2.45, 2.75) is 31.8 Å². The van der Waals surface area contributed by atoms with E-state index in [1.54, 1.807) is 0 Å². The Hall–Kier alpha value is -1.89. The predicted octanol–water partition coefficient (Wildman–Crippen LogP) is 0.729. The van der Waals surface area contributed by atoms with E-state index in [1.807, 2.05) is 30.3 Å². The average Bonchev–Trinajstić information content (AvgIpc) is 3.00. The molecule has 0 aliphatic carbocycles. The number of likely N-dealkylation sites (tertiary alicyclic amines) is 1. The number of sulfone groups is 1. The van der Waals surface area contributed by atoms with Gasteiger partial charge in [0.1, 0.15) is 15.9 Å². The second-order valence-electron chi connectivity index (χ2n) is 5.83. The van der Waals surface area contributed by atoms with Crippen molar-refractivity contribution < 1.29 is 18.0 Å². The molecule has 0 spiro atoms. The molecule has 1 aromatic carbocycles. The van der Waals surface area contributed by atoms with Gasteiger partial charge >= 0.3 is 0 Å². The van der Waals surface area contributed by atoms with Crippen LogP contribution < -0.4 is 5.32 Å². The molecule has 1 aliphatic rings. The molecule has 1 N–H and O–H groups in total. The van der Waals surface area contributed by atoms with Crippen molar-refractivity contribution >= 4 is 21.7 Å². The minimum Gasteiger partial charge on any atom is -0.350 e. The minimum absolute atomic E-state index is 0.0682. The van der Waals surface area contributed by atoms with Gasteiger partial charge in [-0.05, 0) is 18.4 Å². The number of hydrogen-bond donors (Lipinski definition) is 1. The lowest BCUT2D eigenvalue weighted by Crippen LogP contribution is -2.46. The quantitative estimate of drug-likeness (QED) is 0.829. The van der Waals surface area contributed by atoms with Crippen LogP contribution in [0.4, 0.5) is 0 Å². The molecule has 7 heteroatoms. The fourth-order valence-corrected chi connectivity index (χ4v) is 3.20. The molecule has 0 radical (unpaired) electrons. The van der Waals surface area contributed by atoms with Gasteiger partial charge in [0.2, 0.25) is 11.8 Å². The fraction of sp³-hybridized carbons (Fsp3) is 0.500. The van der Waals surface area contributed by atoms with Crippen molar-refractivity contribution in [3.8, 4) is 0 Å². The highest BCUT2D eigenvalue weighted by Gasteiger charge is 2.33. The van der Waals surface area contributed by atoms with Crippen LogP contribution in [0.3, 0.4) is 0 Å². The van der Waals surface area contributed by atoms with E-state index in [9.17, 15) is 18.0 Å². The van der Waals surface area contributed by atoms with Gasteiger partial charge in [0.15, 0.2) is 0 Å². The topological polar surface area (TPSA) is 83.6 Å². The molecule has 1 aromatic rings. The number of carbonyl (C=O) groups excluding carboxylic acids is 2. The maximum atomic E-state index is 12.3. The van der Waals surface area contributed by atoms with Crippen molar-refractivity contribution in [3.63, 3.8) is 0 Å². The Kier molecular flexibility index (Phi) is 5.76. The lowest BCUT2D eigenvalue weighted by molar-refractivity contribution is -0.138. The molecule has 6 nitrogen and oxygen atoms in total. The van der Waals surface area contributed by atoms with Crippen LogP contribution >= 0.6 is 0 Å². The molecule has 1 fully saturated rings. The molecule has 1 aliphatic heterocycles. The van der Waals surface area contributed by atoms with E-state index in [0.29, 0.717) is 19.5 Å². The molecule has 0 bridgehead atoms. The SMILES string of the molecule is CS(=O)(=O)CCC(=O)N1CCCC1C(=O)NCc1ccccc1. The molecule has 1 heterocycles. The zero-order valence-corrected chi connectivity index (χ0v) is 14.0. The zero-order valence-electron chi connectivity index (χ0n) is 13.2. The number of amides is 2. The van der Waals surface area contributed by atoms with Crippen LogP contribution in [0.1, 0.15) is 24.8 Å². The second-order valence-corrected chi connectivity index (χ2v) is 8.09. The monoisotopic (exact) mass is 338 g/mol. The number of nitrogens with one attached hydrogen (secondary N) is 1. The van der Waals surface area contributed by atoms with Crippen molar-refractivity contribution in [2.75, 3.05) is 18.6 Å². The van der Waals surface area contributed by atoms with E-state index < -0.39 is 15.9 Å². The fourth-order valence-electron chi connectivity index (χ4n) is 2.66. The molecule has 2 amide bonds. The van der Waals surface area contributed by atoms with Gasteiger partial charge in [-0.25, -0.2) is 8.42 Å². The zero-order chi connectivity index (χ0) is 16.9. The molecule has 2 rings (SSSR count). The average molecular weight is 338 g/mol. The molecule has 0 aromatic heterocycles. The molecule has 0 saturated carbocycles. The van der Waals surface area contributed by atoms with Crippen molar-refractivity contribution in [2.24, 2.45) is 0 Å². The second kappa shape index (κ2) is 7.59. The van der Waals surface area contributed by atoms with Gasteiger partial charge in [-0.2, -0.15) is 0 Å². The lowest BCUT2D eigenvalue weighted by Gasteiger charge is -2.24. The summed E-state index contributed by atoms with van der Waals surface area (Å²) in [6.45, 7) is 0.924. The van der Waals surface area contributed by atoms with Crippen LogP contribution in [0.15, 0.2) is 30.3 Å². The molecule has 1 unspecified atom stereocenters. The van der Waals surface area contributed by atoms with Gasteiger partial charge in [-0.3, -0.25) is 9.59 Å². The van der Waals surface area contributed by atoms with Crippen LogP contribution in [-0.4, -0.2) is 49.7 Å². The minimum atomic E-state index is -3.18. The van der Waals surface area contributed by atoms with Gasteiger partial charge in [-0.1, -0.05) is 30.3 Å². The van der Waals surface area contributed by atoms with Crippen LogP contribution in [0.2, 0.25) is 0 Å². The van der Waals surface area contributed by atoms with Crippen LogP contribution in [0.25, 0.3) is 0 Å². The maximum absolute atomic E-state index is 12.3. The molecule has 1 atom stereocenters. The summed E-state index contributed by atoms with van der Waals surface area (Å²) < 4.78 is 22.4. The van der Waals surface area contributed by atoms with Crippen LogP contribution in [0, 0.1) is 0 Å². The van der Waals surface area contributed by atoms with Crippen molar-refractivity contribution in [1.82, 2.24) is 10.2 Å². The first-order valence-corrected chi connectivity index (χ1v) is 9.72. The smallest absolute Gasteiger partial charge is 0.243 e. The van der Waals surface area contributed by atoms with Gasteiger partial charge in [0, 0.05) is 25.8 Å². The van der Waals surface area contributed by atoms with E-state index in [-0.39, 0.29) is 24.0 Å². The Morgan fingerprint density at radius 1 is 1.26 bits per heavy atom. The van der Waals surface area contributed by atoms with E-state index in [4.69, 9.17) is 0 Å². The van der Waals surface area contributed by atoms with E-state index in [0.717, 1.165) is 18.2 Å². The van der Waals surface area contributed by atoms with Gasteiger partial charge in [0.25, 0.3) is 0 Å². The standard InChI is InChI=1S/C16H22N2O4S/c1-23(21,22)11-9-15(19)18-10-5-8-14(18)16(20)17-12-13-6-3-2-4-7-13/h2-4,6-7,14H,5,8-12H2,1H3,(H,17,20). The third-order valence-electron chi connectivity index (χ3n) is 3.87. The first kappa shape index (κ1) is 17.5. The van der Waals surface area contributed by atoms with E-state index in [2.05, 4.69) is 5.32 Å². The normalized spacial score (nSPS) is 18.0. The number of carbonyl (C=O) groups is 2. The summed E-state index contributed by atoms with van der Waals surface area (Å²) >= 11 is 0. The number of rotatable bonds is 6. The lowest BCUT2D eigenvalue weighted by atomic mass is 10.2. The predicted molar refractivity (Wildman–Crippen MR) is 87.4 cm³/mol. The maximum Gasteiger partial charge on any atom is 0.243 e. The third kappa shape index (κ3) is 5.35. The van der Waals surface area contributed by atoms with Crippen molar-refractivity contribution in [3.05, 3.63) is 35.9 Å². The van der Waals surface area contributed by atoms with Gasteiger partial charge < -0.3 is 10.2 Å². The number of hydrogen-bond acceptors (Lipinski definition) is 4. The van der Waals surface area contributed by atoms with Gasteiger partial charge in [-0.15, -0.1) is 0 Å². The Morgan fingerprint density at radius 2 is 1.96 bits per heavy atom. The summed E-state index contributed by atoms with van der Waals surface area (Å²) in [4.78, 5) is 26.0. The highest BCUT2D eigenvalue weighted by Crippen LogP contribution is 2.19. The Morgan fingerprint density at radius 3 is 2.61 bits per heavy atom. The number of nitrogens with zero attached hydrogens (tertiary/aromatic N) is 1. The Bertz CT molecular complexity index is 658. The summed E-state index contributed by atoms with van der Waals surface area (Å²) in [5, 5.41) is 2.85. The van der Waals surface area contributed by atoms with E-state index >= 15 is 0 Å². The Labute approximate surface area is 136 Å². The highest BCUT2D eigenvalue weighted by atomic mass is 32.2. The first-order valence-electron chi connectivity index (χ1n) is 7.65. The van der Waals surface area contributed by atoms with Crippen molar-refractivity contribution in [1.29, 1.82) is 0 Å². The highest BCUT2D eigenvalue weighted by molar-refractivity contribution is 7.90. The molecule has 1 saturated heterocycles. The molecule has 23 heavy (non-hydrogen) atoms. The molecular weight excluding hydrogens is 316 g/mol. The summed E-state index contributed by atoms with van der Waals surface area (Å²) in [5.74, 6) is -0.632. The van der Waals surface area contributed by atoms with E-state index in [1.165, 1.54) is 4.90 Å². The van der Waals surface area contributed by atoms with Gasteiger partial charge in [0.05, 0.1) is 5.75 Å². The van der Waals surface area contributed by atoms with Crippen LogP contribution in [0.5, 0.6) is 0 Å². The van der Waals surface area contributed by atoms with Crippen LogP contribution in [-0.2, 0) is 26.0 Å². The first-order chi connectivity index (χ1) is 10.9. The summed E-state index contributed by atoms with van der Waals surface area (Å²) in [5.41, 5.74) is 0.994. The molecule has 126 valence electrons. The summed E-state index contributed by atoms with van der Waals surface area (Å²) in [6.07, 6.45) is 2.41.